The Morgan fingerprint density at radius 1 is 0.292 bits per heavy atom. The molecular weight excluding hydrogens is 877 g/mol. The summed E-state index contributed by atoms with van der Waals surface area (Å²) >= 11 is 0. The first kappa shape index (κ1) is 41.8. The van der Waals surface area contributed by atoms with Gasteiger partial charge in [0.25, 0.3) is 0 Å². The molecule has 14 rings (SSSR count). The monoisotopic (exact) mass is 924 g/mol. The Hall–Kier alpha value is -9.12. The van der Waals surface area contributed by atoms with Gasteiger partial charge in [-0.1, -0.05) is 146 Å². The molecule has 0 amide bonds. The molecule has 72 heavy (non-hydrogen) atoms. The number of para-hydroxylation sites is 4. The molecule has 0 spiro atoms. The molecule has 2 heterocycles. The molecule has 0 N–H and O–H groups in total. The number of benzene rings is 12. The number of aryl methyl sites for hydroxylation is 4. The van der Waals surface area contributed by atoms with E-state index in [2.05, 4.69) is 232 Å². The Kier molecular flexibility index (Phi) is 9.43. The first-order chi connectivity index (χ1) is 35.3. The lowest BCUT2D eigenvalue weighted by molar-refractivity contribution is 0.669. The largest absolute Gasteiger partial charge is 0.455 e. The minimum absolute atomic E-state index is 0.902. The number of hydrogen-bond acceptors (Lipinski definition) is 4. The average Bonchev–Trinajstić information content (AvgIpc) is 3.98. The molecule has 12 aromatic carbocycles. The second-order valence-electron chi connectivity index (χ2n) is 19.6. The van der Waals surface area contributed by atoms with Gasteiger partial charge < -0.3 is 18.6 Å². The van der Waals surface area contributed by atoms with Gasteiger partial charge in [-0.25, -0.2) is 0 Å². The van der Waals surface area contributed by atoms with Crippen LogP contribution in [0.4, 0.5) is 34.1 Å². The maximum Gasteiger partial charge on any atom is 0.143 e. The van der Waals surface area contributed by atoms with E-state index < -0.39 is 0 Å². The van der Waals surface area contributed by atoms with Crippen LogP contribution in [0.5, 0.6) is 0 Å². The van der Waals surface area contributed by atoms with Gasteiger partial charge in [-0.05, 0) is 155 Å². The van der Waals surface area contributed by atoms with Crippen LogP contribution < -0.4 is 9.80 Å². The fourth-order valence-corrected chi connectivity index (χ4v) is 11.7. The normalized spacial score (nSPS) is 11.9. The summed E-state index contributed by atoms with van der Waals surface area (Å²) in [5.74, 6) is 0. The van der Waals surface area contributed by atoms with E-state index in [1.165, 1.54) is 54.6 Å². The topological polar surface area (TPSA) is 32.8 Å². The molecule has 0 atom stereocenters. The molecule has 0 radical (unpaired) electrons. The third-order valence-electron chi connectivity index (χ3n) is 14.7. The molecule has 0 fully saturated rings. The van der Waals surface area contributed by atoms with Crippen LogP contribution in [0.25, 0.3) is 98.4 Å². The van der Waals surface area contributed by atoms with Crippen molar-refractivity contribution < 1.29 is 8.83 Å². The lowest BCUT2D eigenvalue weighted by Gasteiger charge is -2.30. The third-order valence-corrected chi connectivity index (χ3v) is 14.7. The van der Waals surface area contributed by atoms with Crippen molar-refractivity contribution in [3.63, 3.8) is 0 Å². The highest BCUT2D eigenvalue weighted by Gasteiger charge is 2.23. The van der Waals surface area contributed by atoms with Gasteiger partial charge in [0.15, 0.2) is 0 Å². The van der Waals surface area contributed by atoms with E-state index in [9.17, 15) is 0 Å². The van der Waals surface area contributed by atoms with Crippen LogP contribution in [0, 0.1) is 27.7 Å². The standard InChI is InChI=1S/C68H48N2O2/c1-41-35-42(2)38-51(37-41)69(49-27-19-45(20-28-49)53-13-9-15-57-55-11-5-7-17-63(55)71-67(53)57)61-33-25-47-24-32-60-62(34-26-48-23-31-59(61)65(47)66(48)60)70(52-39-43(3)36-44(4)40-52)50-29-21-46(22-30-50)54-14-10-16-58-56-12-6-8-18-64(56)72-68(54)58/h5-40H,1-4H3. The summed E-state index contributed by atoms with van der Waals surface area (Å²) in [5, 5.41) is 11.8. The highest BCUT2D eigenvalue weighted by Crippen LogP contribution is 2.49. The van der Waals surface area contributed by atoms with E-state index in [0.29, 0.717) is 0 Å². The van der Waals surface area contributed by atoms with E-state index >= 15 is 0 Å². The number of hydrogen-bond donors (Lipinski definition) is 0. The lowest BCUT2D eigenvalue weighted by Crippen LogP contribution is -2.12. The molecule has 342 valence electrons. The van der Waals surface area contributed by atoms with Gasteiger partial charge in [-0.2, -0.15) is 0 Å². The van der Waals surface area contributed by atoms with Crippen LogP contribution in [-0.2, 0) is 0 Å². The zero-order valence-corrected chi connectivity index (χ0v) is 40.5. The van der Waals surface area contributed by atoms with E-state index in [1.54, 1.807) is 0 Å². The van der Waals surface area contributed by atoms with E-state index in [4.69, 9.17) is 8.83 Å². The summed E-state index contributed by atoms with van der Waals surface area (Å²) < 4.78 is 13.0. The average molecular weight is 925 g/mol. The van der Waals surface area contributed by atoms with Crippen molar-refractivity contribution in [2.24, 2.45) is 0 Å². The molecule has 0 bridgehead atoms. The summed E-state index contributed by atoms with van der Waals surface area (Å²) in [6.07, 6.45) is 0. The molecule has 4 heteroatoms. The van der Waals surface area contributed by atoms with Gasteiger partial charge in [0.2, 0.25) is 0 Å². The minimum atomic E-state index is 0.902. The molecule has 0 aliphatic rings. The minimum Gasteiger partial charge on any atom is -0.455 e. The summed E-state index contributed by atoms with van der Waals surface area (Å²) in [4.78, 5) is 4.88. The fraction of sp³-hybridized carbons (Fsp3) is 0.0588. The van der Waals surface area contributed by atoms with Crippen molar-refractivity contribution in [2.75, 3.05) is 9.80 Å². The summed E-state index contributed by atoms with van der Waals surface area (Å²) in [6.45, 7) is 8.75. The van der Waals surface area contributed by atoms with Crippen LogP contribution in [-0.4, -0.2) is 0 Å². The predicted octanol–water partition coefficient (Wildman–Crippen LogP) is 19.9. The van der Waals surface area contributed by atoms with Gasteiger partial charge in [0.05, 0.1) is 11.4 Å². The van der Waals surface area contributed by atoms with Crippen molar-refractivity contribution in [2.45, 2.75) is 27.7 Å². The quantitative estimate of drug-likeness (QED) is 0.142. The Balaban J connectivity index is 0.926. The Bertz CT molecular complexity index is 4120. The lowest BCUT2D eigenvalue weighted by atomic mass is 9.91. The van der Waals surface area contributed by atoms with Crippen LogP contribution in [0.15, 0.2) is 227 Å². The van der Waals surface area contributed by atoms with E-state index in [0.717, 1.165) is 100 Å². The van der Waals surface area contributed by atoms with Gasteiger partial charge in [0, 0.05) is 66.2 Å². The molecule has 0 aliphatic carbocycles. The molecule has 0 saturated heterocycles. The highest BCUT2D eigenvalue weighted by atomic mass is 16.3. The number of anilines is 6. The molecular formula is C68H48N2O2. The molecule has 0 unspecified atom stereocenters. The van der Waals surface area contributed by atoms with Gasteiger partial charge in [-0.3, -0.25) is 0 Å². The zero-order valence-electron chi connectivity index (χ0n) is 40.5. The van der Waals surface area contributed by atoms with Gasteiger partial charge in [0.1, 0.15) is 22.3 Å². The smallest absolute Gasteiger partial charge is 0.143 e. The van der Waals surface area contributed by atoms with E-state index in [1.807, 2.05) is 24.3 Å². The SMILES string of the molecule is Cc1cc(C)cc(N(c2ccc(-c3cccc4c3oc3ccccc34)cc2)c2ccc3ccc4c(N(c5ccc(-c6cccc7c6oc6ccccc67)cc5)c5cc(C)cc(C)c5)ccc5ccc2c3c54)c1. The first-order valence-electron chi connectivity index (χ1n) is 24.8. The number of furan rings is 2. The second-order valence-corrected chi connectivity index (χ2v) is 19.6. The van der Waals surface area contributed by atoms with Crippen molar-refractivity contribution in [3.05, 3.63) is 241 Å². The summed E-state index contributed by atoms with van der Waals surface area (Å²) in [5.41, 5.74) is 19.5. The molecule has 0 aliphatic heterocycles. The van der Waals surface area contributed by atoms with Crippen LogP contribution in [0.3, 0.4) is 0 Å². The molecule has 2 aromatic heterocycles. The summed E-state index contributed by atoms with van der Waals surface area (Å²) in [6, 6.07) is 79.7. The summed E-state index contributed by atoms with van der Waals surface area (Å²) in [7, 11) is 0. The Labute approximate surface area is 417 Å². The number of rotatable bonds is 8. The first-order valence-corrected chi connectivity index (χ1v) is 24.8. The van der Waals surface area contributed by atoms with Crippen LogP contribution in [0.2, 0.25) is 0 Å². The van der Waals surface area contributed by atoms with Crippen LogP contribution >= 0.6 is 0 Å². The van der Waals surface area contributed by atoms with Crippen molar-refractivity contribution in [1.29, 1.82) is 0 Å². The van der Waals surface area contributed by atoms with Crippen molar-refractivity contribution >= 4 is 110 Å². The predicted molar refractivity (Wildman–Crippen MR) is 304 cm³/mol. The molecule has 4 nitrogen and oxygen atoms in total. The maximum atomic E-state index is 6.49. The number of fused-ring (bicyclic) bond motifs is 6. The molecule has 0 saturated carbocycles. The van der Waals surface area contributed by atoms with Crippen molar-refractivity contribution in [3.8, 4) is 22.3 Å². The second kappa shape index (κ2) is 16.2. The van der Waals surface area contributed by atoms with E-state index in [-0.39, 0.29) is 0 Å². The highest BCUT2D eigenvalue weighted by molar-refractivity contribution is 6.28. The molecule has 14 aromatic rings. The van der Waals surface area contributed by atoms with Gasteiger partial charge in [-0.15, -0.1) is 0 Å². The maximum absolute atomic E-state index is 6.49. The number of nitrogens with zero attached hydrogens (tertiary/aromatic N) is 2. The third kappa shape index (κ3) is 6.67. The van der Waals surface area contributed by atoms with Gasteiger partial charge >= 0.3 is 0 Å². The van der Waals surface area contributed by atoms with Crippen molar-refractivity contribution in [1.82, 2.24) is 0 Å². The van der Waals surface area contributed by atoms with Crippen LogP contribution in [0.1, 0.15) is 22.3 Å². The zero-order chi connectivity index (χ0) is 48.2. The Morgan fingerprint density at radius 3 is 1.08 bits per heavy atom. The fourth-order valence-electron chi connectivity index (χ4n) is 11.7. The Morgan fingerprint density at radius 2 is 0.667 bits per heavy atom.